The normalized spacial score (nSPS) is 20.3. The summed E-state index contributed by atoms with van der Waals surface area (Å²) in [5, 5.41) is 7.65. The number of piperidine rings is 1. The van der Waals surface area contributed by atoms with E-state index in [1.54, 1.807) is 18.2 Å². The van der Waals surface area contributed by atoms with Gasteiger partial charge in [-0.05, 0) is 48.8 Å². The molecule has 4 nitrogen and oxygen atoms in total. The Morgan fingerprint density at radius 2 is 1.90 bits per heavy atom. The van der Waals surface area contributed by atoms with Crippen molar-refractivity contribution in [1.29, 1.82) is 0 Å². The third-order valence-corrected chi connectivity index (χ3v) is 6.09. The van der Waals surface area contributed by atoms with Crippen molar-refractivity contribution < 1.29 is 13.2 Å². The summed E-state index contributed by atoms with van der Waals surface area (Å²) in [6.45, 7) is 8.31. The highest BCUT2D eigenvalue weighted by Crippen LogP contribution is 2.39. The molecule has 0 bridgehead atoms. The van der Waals surface area contributed by atoms with E-state index in [0.717, 1.165) is 32.0 Å². The first kappa shape index (κ1) is 20.7. The predicted molar refractivity (Wildman–Crippen MR) is 113 cm³/mol. The van der Waals surface area contributed by atoms with Gasteiger partial charge in [-0.2, -0.15) is 18.3 Å². The summed E-state index contributed by atoms with van der Waals surface area (Å²) in [6, 6.07) is 9.83. The number of benzene rings is 1. The van der Waals surface area contributed by atoms with Gasteiger partial charge in [-0.15, -0.1) is 0 Å². The Morgan fingerprint density at radius 3 is 2.63 bits per heavy atom. The summed E-state index contributed by atoms with van der Waals surface area (Å²) in [5.74, 6) is 2.29. The molecule has 1 unspecified atom stereocenters. The van der Waals surface area contributed by atoms with Gasteiger partial charge in [-0.1, -0.05) is 39.0 Å². The molecule has 3 heterocycles. The van der Waals surface area contributed by atoms with E-state index >= 15 is 0 Å². The fourth-order valence-corrected chi connectivity index (χ4v) is 4.45. The van der Waals surface area contributed by atoms with Crippen LogP contribution >= 0.6 is 0 Å². The van der Waals surface area contributed by atoms with Crippen molar-refractivity contribution in [3.8, 4) is 11.4 Å². The van der Waals surface area contributed by atoms with E-state index in [1.165, 1.54) is 6.07 Å². The number of aromatic amines is 1. The maximum atomic E-state index is 13.8. The van der Waals surface area contributed by atoms with Crippen LogP contribution in [0, 0.1) is 17.8 Å². The molecular weight excluding hydrogens is 389 g/mol. The van der Waals surface area contributed by atoms with Crippen molar-refractivity contribution in [3.05, 3.63) is 42.0 Å². The maximum Gasteiger partial charge on any atom is 0.418 e. The van der Waals surface area contributed by atoms with Crippen LogP contribution in [-0.4, -0.2) is 28.3 Å². The molecule has 1 aliphatic heterocycles. The third-order valence-electron chi connectivity index (χ3n) is 6.09. The summed E-state index contributed by atoms with van der Waals surface area (Å²) >= 11 is 0. The molecule has 1 saturated heterocycles. The standard InChI is InChI=1S/C23H27F3N4/c1-14(2)12-16-13-30(11-10-15(16)3)20-9-8-18(23(24,25)26)22(27-20)21-17-6-4-5-7-19(17)28-29-21/h4-9,14-16H,10-13H2,1-3H3,(H,28,29)/t15-,16?/m1/s1. The van der Waals surface area contributed by atoms with Crippen LogP contribution in [0.4, 0.5) is 19.0 Å². The third kappa shape index (κ3) is 4.02. The first-order chi connectivity index (χ1) is 14.2. The van der Waals surface area contributed by atoms with Crippen molar-refractivity contribution in [2.75, 3.05) is 18.0 Å². The van der Waals surface area contributed by atoms with Crippen LogP contribution in [0.2, 0.25) is 0 Å². The molecule has 30 heavy (non-hydrogen) atoms. The summed E-state index contributed by atoms with van der Waals surface area (Å²) in [7, 11) is 0. The van der Waals surface area contributed by atoms with Gasteiger partial charge in [-0.3, -0.25) is 5.10 Å². The molecule has 3 aromatic rings. The van der Waals surface area contributed by atoms with Crippen LogP contribution in [0.1, 0.15) is 39.2 Å². The predicted octanol–water partition coefficient (Wildman–Crippen LogP) is 6.15. The van der Waals surface area contributed by atoms with Gasteiger partial charge >= 0.3 is 6.18 Å². The van der Waals surface area contributed by atoms with Crippen molar-refractivity contribution in [2.24, 2.45) is 17.8 Å². The summed E-state index contributed by atoms with van der Waals surface area (Å²) in [4.78, 5) is 6.65. The number of nitrogens with one attached hydrogen (secondary N) is 1. The number of aromatic nitrogens is 3. The van der Waals surface area contributed by atoms with Crippen molar-refractivity contribution in [3.63, 3.8) is 0 Å². The first-order valence-corrected chi connectivity index (χ1v) is 10.5. The number of anilines is 1. The monoisotopic (exact) mass is 416 g/mol. The quantitative estimate of drug-likeness (QED) is 0.555. The van der Waals surface area contributed by atoms with Crippen LogP contribution in [0.5, 0.6) is 0 Å². The van der Waals surface area contributed by atoms with E-state index in [2.05, 4.69) is 40.9 Å². The highest BCUT2D eigenvalue weighted by molar-refractivity contribution is 5.92. The Morgan fingerprint density at radius 1 is 1.13 bits per heavy atom. The van der Waals surface area contributed by atoms with Gasteiger partial charge in [0.05, 0.1) is 11.1 Å². The minimum Gasteiger partial charge on any atom is -0.356 e. The fraction of sp³-hybridized carbons (Fsp3) is 0.478. The van der Waals surface area contributed by atoms with Crippen LogP contribution in [-0.2, 0) is 6.18 Å². The van der Waals surface area contributed by atoms with E-state index in [-0.39, 0.29) is 11.4 Å². The Kier molecular flexibility index (Phi) is 5.47. The molecule has 1 aliphatic rings. The molecule has 0 saturated carbocycles. The van der Waals surface area contributed by atoms with Gasteiger partial charge in [0.2, 0.25) is 0 Å². The van der Waals surface area contributed by atoms with Crippen molar-refractivity contribution in [2.45, 2.75) is 39.8 Å². The summed E-state index contributed by atoms with van der Waals surface area (Å²) in [6.07, 6.45) is -2.38. The van der Waals surface area contributed by atoms with Crippen molar-refractivity contribution in [1.82, 2.24) is 15.2 Å². The van der Waals surface area contributed by atoms with Crippen LogP contribution in [0.25, 0.3) is 22.3 Å². The highest BCUT2D eigenvalue weighted by atomic mass is 19.4. The average molecular weight is 416 g/mol. The second-order valence-corrected chi connectivity index (χ2v) is 8.78. The molecule has 2 atom stereocenters. The van der Waals surface area contributed by atoms with Gasteiger partial charge in [0.15, 0.2) is 0 Å². The van der Waals surface area contributed by atoms with Crippen molar-refractivity contribution >= 4 is 16.7 Å². The molecule has 1 N–H and O–H groups in total. The van der Waals surface area contributed by atoms with Gasteiger partial charge in [0, 0.05) is 18.5 Å². The highest BCUT2D eigenvalue weighted by Gasteiger charge is 2.36. The number of pyridine rings is 1. The Hall–Kier alpha value is -2.57. The van der Waals surface area contributed by atoms with Crippen LogP contribution < -0.4 is 4.90 Å². The summed E-state index contributed by atoms with van der Waals surface area (Å²) < 4.78 is 41.3. The Labute approximate surface area is 174 Å². The molecule has 160 valence electrons. The molecule has 1 aromatic carbocycles. The number of H-pyrrole nitrogens is 1. The number of hydrogen-bond acceptors (Lipinski definition) is 3. The number of rotatable bonds is 4. The van der Waals surface area contributed by atoms with Gasteiger partial charge in [-0.25, -0.2) is 4.98 Å². The Bertz CT molecular complexity index is 1020. The molecule has 2 aromatic heterocycles. The zero-order valence-electron chi connectivity index (χ0n) is 17.5. The van der Waals surface area contributed by atoms with E-state index < -0.39 is 11.7 Å². The van der Waals surface area contributed by atoms with Gasteiger partial charge < -0.3 is 4.90 Å². The zero-order valence-corrected chi connectivity index (χ0v) is 17.5. The van der Waals surface area contributed by atoms with E-state index in [4.69, 9.17) is 0 Å². The minimum absolute atomic E-state index is 0.114. The molecule has 0 spiro atoms. The largest absolute Gasteiger partial charge is 0.418 e. The first-order valence-electron chi connectivity index (χ1n) is 10.5. The second-order valence-electron chi connectivity index (χ2n) is 8.78. The lowest BCUT2D eigenvalue weighted by atomic mass is 9.81. The minimum atomic E-state index is -4.50. The molecule has 0 aliphatic carbocycles. The number of fused-ring (bicyclic) bond motifs is 1. The van der Waals surface area contributed by atoms with Crippen LogP contribution in [0.15, 0.2) is 36.4 Å². The number of para-hydroxylation sites is 1. The lowest BCUT2D eigenvalue weighted by Gasteiger charge is -2.38. The molecule has 1 fully saturated rings. The van der Waals surface area contributed by atoms with Gasteiger partial charge in [0.25, 0.3) is 0 Å². The van der Waals surface area contributed by atoms with Gasteiger partial charge in [0.1, 0.15) is 17.2 Å². The van der Waals surface area contributed by atoms with Crippen LogP contribution in [0.3, 0.4) is 0 Å². The van der Waals surface area contributed by atoms with E-state index in [9.17, 15) is 13.2 Å². The number of halogens is 3. The second kappa shape index (κ2) is 7.93. The lowest BCUT2D eigenvalue weighted by Crippen LogP contribution is -2.40. The molecule has 0 radical (unpaired) electrons. The maximum absolute atomic E-state index is 13.8. The molecule has 7 heteroatoms. The fourth-order valence-electron chi connectivity index (χ4n) is 4.45. The summed E-state index contributed by atoms with van der Waals surface area (Å²) in [5.41, 5.74) is 0.0598. The Balaban J connectivity index is 1.76. The molecule has 4 rings (SSSR count). The average Bonchev–Trinajstić information content (AvgIpc) is 3.12. The SMILES string of the molecule is CC(C)CC1CN(c2ccc(C(F)(F)F)c(-c3n[nH]c4ccccc34)n2)CC[C@H]1C. The van der Waals surface area contributed by atoms with E-state index in [0.29, 0.717) is 34.5 Å². The number of hydrogen-bond donors (Lipinski definition) is 1. The molecular formula is C23H27F3N4. The molecule has 0 amide bonds. The number of nitrogens with zero attached hydrogens (tertiary/aromatic N) is 3. The lowest BCUT2D eigenvalue weighted by molar-refractivity contribution is -0.137. The number of alkyl halides is 3. The van der Waals surface area contributed by atoms with E-state index in [1.807, 2.05) is 6.07 Å². The smallest absolute Gasteiger partial charge is 0.356 e. The zero-order chi connectivity index (χ0) is 21.5. The topological polar surface area (TPSA) is 44.8 Å².